The van der Waals surface area contributed by atoms with Crippen LogP contribution in [0.4, 0.5) is 0 Å². The van der Waals surface area contributed by atoms with Crippen molar-refractivity contribution >= 4 is 49.9 Å². The van der Waals surface area contributed by atoms with E-state index in [0.717, 1.165) is 20.8 Å². The topological polar surface area (TPSA) is 22.1 Å². The minimum absolute atomic E-state index is 0.373. The van der Waals surface area contributed by atoms with Crippen molar-refractivity contribution < 1.29 is 4.74 Å². The first-order valence-corrected chi connectivity index (χ1v) is 7.94. The average Bonchev–Trinajstić information content (AvgIpc) is 2.49. The number of alkyl halides is 1. The number of nitrogens with zero attached hydrogens (tertiary/aromatic N) is 1. The van der Waals surface area contributed by atoms with Gasteiger partial charge in [0.05, 0.1) is 0 Å². The Kier molecular flexibility index (Phi) is 4.34. The fourth-order valence-electron chi connectivity index (χ4n) is 1.98. The maximum absolute atomic E-state index is 6.14. The molecule has 2 nitrogen and oxygen atoms in total. The minimum atomic E-state index is 0.373. The highest BCUT2D eigenvalue weighted by molar-refractivity contribution is 9.10. The number of ether oxygens (including phenoxy) is 1. The third-order valence-corrected chi connectivity index (χ3v) is 4.08. The molecule has 106 valence electrons. The molecule has 0 saturated carbocycles. The summed E-state index contributed by atoms with van der Waals surface area (Å²) in [5.74, 6) is 1.44. The number of hydrogen-bond acceptors (Lipinski definition) is 2. The van der Waals surface area contributed by atoms with Gasteiger partial charge >= 0.3 is 0 Å². The third kappa shape index (κ3) is 3.31. The zero-order valence-corrected chi connectivity index (χ0v) is 13.9. The normalized spacial score (nSPS) is 10.8. The lowest BCUT2D eigenvalue weighted by molar-refractivity contribution is 0.463. The average molecular weight is 383 g/mol. The van der Waals surface area contributed by atoms with Gasteiger partial charge in [-0.1, -0.05) is 39.7 Å². The molecule has 0 N–H and O–H groups in total. The lowest BCUT2D eigenvalue weighted by Gasteiger charge is -2.08. The molecule has 0 aliphatic heterocycles. The Labute approximate surface area is 140 Å². The fourth-order valence-corrected chi connectivity index (χ4v) is 2.74. The Morgan fingerprint density at radius 2 is 1.81 bits per heavy atom. The van der Waals surface area contributed by atoms with Crippen molar-refractivity contribution in [3.8, 4) is 11.6 Å². The van der Waals surface area contributed by atoms with Crippen molar-refractivity contribution in [3.05, 3.63) is 63.7 Å². The van der Waals surface area contributed by atoms with Gasteiger partial charge in [-0.25, -0.2) is 4.98 Å². The molecule has 0 spiro atoms. The molecular formula is C16H10BrCl2NO. The van der Waals surface area contributed by atoms with Gasteiger partial charge in [0.2, 0.25) is 5.88 Å². The molecular weight excluding hydrogens is 373 g/mol. The highest BCUT2D eigenvalue weighted by Gasteiger charge is 2.07. The monoisotopic (exact) mass is 381 g/mol. The second-order valence-electron chi connectivity index (χ2n) is 4.52. The molecule has 5 heteroatoms. The number of hydrogen-bond donors (Lipinski definition) is 0. The number of benzene rings is 2. The summed E-state index contributed by atoms with van der Waals surface area (Å²) in [5.41, 5.74) is 0.859. The Hall–Kier alpha value is -1.29. The molecule has 0 radical (unpaired) electrons. The van der Waals surface area contributed by atoms with E-state index >= 15 is 0 Å². The Balaban J connectivity index is 1.92. The van der Waals surface area contributed by atoms with E-state index in [4.69, 9.17) is 27.9 Å². The third-order valence-electron chi connectivity index (χ3n) is 3.01. The fraction of sp³-hybridized carbons (Fsp3) is 0.0625. The quantitative estimate of drug-likeness (QED) is 0.504. The van der Waals surface area contributed by atoms with Crippen LogP contribution in [-0.4, -0.2) is 4.98 Å². The van der Waals surface area contributed by atoms with Crippen LogP contribution >= 0.6 is 39.1 Å². The maximum atomic E-state index is 6.14. The second-order valence-corrected chi connectivity index (χ2v) is 6.11. The molecule has 0 amide bonds. The zero-order chi connectivity index (χ0) is 14.8. The van der Waals surface area contributed by atoms with E-state index in [9.17, 15) is 0 Å². The summed E-state index contributed by atoms with van der Waals surface area (Å²) in [4.78, 5) is 4.19. The molecule has 3 aromatic rings. The zero-order valence-electron chi connectivity index (χ0n) is 10.8. The summed E-state index contributed by atoms with van der Waals surface area (Å²) >= 11 is 15.3. The molecule has 0 atom stereocenters. The lowest BCUT2D eigenvalue weighted by Crippen LogP contribution is -1.91. The number of fused-ring (bicyclic) bond motifs is 1. The molecule has 0 aliphatic carbocycles. The first-order chi connectivity index (χ1) is 10.2. The molecule has 0 saturated heterocycles. The Bertz CT molecular complexity index is 807. The van der Waals surface area contributed by atoms with E-state index in [1.165, 1.54) is 0 Å². The number of pyridine rings is 1. The molecule has 3 rings (SSSR count). The minimum Gasteiger partial charge on any atom is -0.438 e. The van der Waals surface area contributed by atoms with Crippen molar-refractivity contribution in [2.75, 3.05) is 0 Å². The summed E-state index contributed by atoms with van der Waals surface area (Å²) < 4.78 is 6.80. The van der Waals surface area contributed by atoms with Crippen LogP contribution in [0.15, 0.2) is 53.1 Å². The maximum Gasteiger partial charge on any atom is 0.238 e. The van der Waals surface area contributed by atoms with Crippen LogP contribution in [-0.2, 0) is 5.88 Å². The van der Waals surface area contributed by atoms with Gasteiger partial charge in [-0.3, -0.25) is 0 Å². The first kappa shape index (κ1) is 14.6. The van der Waals surface area contributed by atoms with Crippen LogP contribution in [0, 0.1) is 0 Å². The number of halogens is 3. The van der Waals surface area contributed by atoms with Crippen molar-refractivity contribution in [3.63, 3.8) is 0 Å². The largest absolute Gasteiger partial charge is 0.438 e. The van der Waals surface area contributed by atoms with Gasteiger partial charge in [-0.2, -0.15) is 0 Å². The molecule has 0 fully saturated rings. The summed E-state index contributed by atoms with van der Waals surface area (Å²) in [5, 5.41) is 2.67. The van der Waals surface area contributed by atoms with Crippen molar-refractivity contribution in [1.29, 1.82) is 0 Å². The van der Waals surface area contributed by atoms with E-state index in [-0.39, 0.29) is 0 Å². The predicted molar refractivity (Wildman–Crippen MR) is 90.5 cm³/mol. The SMILES string of the molecule is ClCc1cnc(Oc2ccc3cc(Br)ccc3c2)c(Cl)c1. The van der Waals surface area contributed by atoms with Crippen LogP contribution < -0.4 is 4.74 Å². The van der Waals surface area contributed by atoms with E-state index in [2.05, 4.69) is 27.0 Å². The highest BCUT2D eigenvalue weighted by Crippen LogP contribution is 2.30. The van der Waals surface area contributed by atoms with Crippen molar-refractivity contribution in [1.82, 2.24) is 4.98 Å². The van der Waals surface area contributed by atoms with Crippen LogP contribution in [0.5, 0.6) is 11.6 Å². The molecule has 2 aromatic carbocycles. The van der Waals surface area contributed by atoms with Gasteiger partial charge in [0, 0.05) is 16.5 Å². The van der Waals surface area contributed by atoms with Crippen LogP contribution in [0.25, 0.3) is 10.8 Å². The standard InChI is InChI=1S/C16H10BrCl2NO/c17-13-3-1-12-7-14(4-2-11(12)6-13)21-16-15(19)5-10(8-18)9-20-16/h1-7,9H,8H2. The van der Waals surface area contributed by atoms with Gasteiger partial charge in [0.15, 0.2) is 0 Å². The predicted octanol–water partition coefficient (Wildman–Crippen LogP) is 6.18. The molecule has 0 bridgehead atoms. The first-order valence-electron chi connectivity index (χ1n) is 6.23. The summed E-state index contributed by atoms with van der Waals surface area (Å²) in [6.07, 6.45) is 1.66. The van der Waals surface area contributed by atoms with Gasteiger partial charge in [0.1, 0.15) is 10.8 Å². The highest BCUT2D eigenvalue weighted by atomic mass is 79.9. The van der Waals surface area contributed by atoms with Crippen molar-refractivity contribution in [2.24, 2.45) is 0 Å². The van der Waals surface area contributed by atoms with Crippen molar-refractivity contribution in [2.45, 2.75) is 5.88 Å². The van der Waals surface area contributed by atoms with Crippen LogP contribution in [0.3, 0.4) is 0 Å². The number of aromatic nitrogens is 1. The van der Waals surface area contributed by atoms with E-state index in [0.29, 0.717) is 22.5 Å². The smallest absolute Gasteiger partial charge is 0.238 e. The molecule has 1 heterocycles. The van der Waals surface area contributed by atoms with Gasteiger partial charge in [0.25, 0.3) is 0 Å². The second kappa shape index (κ2) is 6.22. The molecule has 0 aliphatic rings. The van der Waals surface area contributed by atoms with E-state index in [1.54, 1.807) is 12.3 Å². The Morgan fingerprint density at radius 3 is 2.57 bits per heavy atom. The lowest BCUT2D eigenvalue weighted by atomic mass is 10.1. The summed E-state index contributed by atoms with van der Waals surface area (Å²) in [6.45, 7) is 0. The Morgan fingerprint density at radius 1 is 1.05 bits per heavy atom. The van der Waals surface area contributed by atoms with E-state index in [1.807, 2.05) is 30.3 Å². The van der Waals surface area contributed by atoms with E-state index < -0.39 is 0 Å². The van der Waals surface area contributed by atoms with Crippen LogP contribution in [0.1, 0.15) is 5.56 Å². The summed E-state index contributed by atoms with van der Waals surface area (Å²) in [7, 11) is 0. The molecule has 21 heavy (non-hydrogen) atoms. The summed E-state index contributed by atoms with van der Waals surface area (Å²) in [6, 6.07) is 13.7. The van der Waals surface area contributed by atoms with Gasteiger partial charge < -0.3 is 4.74 Å². The molecule has 1 aromatic heterocycles. The number of rotatable bonds is 3. The van der Waals surface area contributed by atoms with Gasteiger partial charge in [-0.05, 0) is 46.7 Å². The van der Waals surface area contributed by atoms with Crippen LogP contribution in [0.2, 0.25) is 5.02 Å². The molecule has 0 unspecified atom stereocenters. The van der Waals surface area contributed by atoms with Gasteiger partial charge in [-0.15, -0.1) is 11.6 Å².